The number of hydrogen-bond donors (Lipinski definition) is 1. The molecule has 1 aromatic carbocycles. The Morgan fingerprint density at radius 2 is 2.05 bits per heavy atom. The van der Waals surface area contributed by atoms with Gasteiger partial charge in [0.25, 0.3) is 0 Å². The van der Waals surface area contributed by atoms with Crippen LogP contribution < -0.4 is 5.32 Å². The monoisotopic (exact) mass is 309 g/mol. The molecule has 4 nitrogen and oxygen atoms in total. The van der Waals surface area contributed by atoms with Crippen molar-refractivity contribution >= 4 is 17.5 Å². The average Bonchev–Trinajstić information content (AvgIpc) is 2.48. The van der Waals surface area contributed by atoms with Gasteiger partial charge in [0, 0.05) is 24.7 Å². The Hall–Kier alpha value is -1.10. The summed E-state index contributed by atoms with van der Waals surface area (Å²) in [4.78, 5) is 16.3. The third kappa shape index (κ3) is 4.99. The first-order chi connectivity index (χ1) is 10.1. The first-order valence-electron chi connectivity index (χ1n) is 7.45. The van der Waals surface area contributed by atoms with E-state index >= 15 is 0 Å². The Kier molecular flexibility index (Phi) is 6.03. The Balaban J connectivity index is 1.84. The van der Waals surface area contributed by atoms with Gasteiger partial charge in [0.15, 0.2) is 0 Å². The van der Waals surface area contributed by atoms with Crippen molar-refractivity contribution in [3.8, 4) is 0 Å². The highest BCUT2D eigenvalue weighted by Crippen LogP contribution is 2.13. The van der Waals surface area contributed by atoms with Gasteiger partial charge in [-0.3, -0.25) is 9.69 Å². The van der Waals surface area contributed by atoms with Crippen LogP contribution in [0.5, 0.6) is 0 Å². The Labute approximate surface area is 132 Å². The quantitative estimate of drug-likeness (QED) is 0.903. The topological polar surface area (TPSA) is 35.6 Å². The Morgan fingerprint density at radius 1 is 1.33 bits per heavy atom. The van der Waals surface area contributed by atoms with E-state index in [2.05, 4.69) is 10.2 Å². The molecule has 1 amide bonds. The molecule has 1 aliphatic heterocycles. The summed E-state index contributed by atoms with van der Waals surface area (Å²) in [5.41, 5.74) is 1.06. The van der Waals surface area contributed by atoms with Gasteiger partial charge in [0.1, 0.15) is 0 Å². The van der Waals surface area contributed by atoms with E-state index in [4.69, 9.17) is 11.6 Å². The molecule has 2 rings (SSSR count). The standard InChI is InChI=1S/C16H24ClN3O/c1-19(15-6-8-18-9-7-15)12-16(21)20(2)11-13-4-3-5-14(17)10-13/h3-5,10,15,18H,6-9,11-12H2,1-2H3. The number of carbonyl (C=O) groups excluding carboxylic acids is 1. The van der Waals surface area contributed by atoms with Crippen LogP contribution in [0.4, 0.5) is 0 Å². The van der Waals surface area contributed by atoms with E-state index in [9.17, 15) is 4.79 Å². The van der Waals surface area contributed by atoms with Crippen LogP contribution >= 0.6 is 11.6 Å². The molecule has 1 aliphatic rings. The van der Waals surface area contributed by atoms with Crippen molar-refractivity contribution in [2.24, 2.45) is 0 Å². The normalized spacial score (nSPS) is 16.2. The van der Waals surface area contributed by atoms with Crippen molar-refractivity contribution in [2.75, 3.05) is 33.7 Å². The highest BCUT2D eigenvalue weighted by atomic mass is 35.5. The molecule has 116 valence electrons. The molecular formula is C16H24ClN3O. The van der Waals surface area contributed by atoms with Gasteiger partial charge < -0.3 is 10.2 Å². The van der Waals surface area contributed by atoms with E-state index in [1.54, 1.807) is 4.90 Å². The highest BCUT2D eigenvalue weighted by Gasteiger charge is 2.21. The number of carbonyl (C=O) groups is 1. The third-order valence-corrected chi connectivity index (χ3v) is 4.29. The lowest BCUT2D eigenvalue weighted by molar-refractivity contribution is -0.132. The van der Waals surface area contributed by atoms with Crippen molar-refractivity contribution in [1.82, 2.24) is 15.1 Å². The second-order valence-electron chi connectivity index (χ2n) is 5.78. The molecule has 1 aromatic rings. The maximum atomic E-state index is 12.3. The molecule has 0 radical (unpaired) electrons. The SMILES string of the molecule is CN(Cc1cccc(Cl)c1)C(=O)CN(C)C1CCNCC1. The van der Waals surface area contributed by atoms with Gasteiger partial charge in [-0.15, -0.1) is 0 Å². The predicted molar refractivity (Wildman–Crippen MR) is 86.4 cm³/mol. The van der Waals surface area contributed by atoms with Crippen LogP contribution in [-0.2, 0) is 11.3 Å². The summed E-state index contributed by atoms with van der Waals surface area (Å²) in [6.07, 6.45) is 2.23. The number of nitrogens with zero attached hydrogens (tertiary/aromatic N) is 2. The zero-order valence-electron chi connectivity index (χ0n) is 12.8. The minimum Gasteiger partial charge on any atom is -0.340 e. The van der Waals surface area contributed by atoms with Gasteiger partial charge >= 0.3 is 0 Å². The summed E-state index contributed by atoms with van der Waals surface area (Å²) in [6.45, 7) is 3.16. The Morgan fingerprint density at radius 3 is 2.71 bits per heavy atom. The molecule has 1 heterocycles. The predicted octanol–water partition coefficient (Wildman–Crippen LogP) is 1.98. The lowest BCUT2D eigenvalue weighted by atomic mass is 10.1. The number of halogens is 1. The van der Waals surface area contributed by atoms with Gasteiger partial charge in [0.05, 0.1) is 6.54 Å². The molecule has 0 spiro atoms. The molecule has 0 aromatic heterocycles. The number of benzene rings is 1. The highest BCUT2D eigenvalue weighted by molar-refractivity contribution is 6.30. The van der Waals surface area contributed by atoms with Crippen LogP contribution in [0.3, 0.4) is 0 Å². The summed E-state index contributed by atoms with van der Waals surface area (Å²) in [6, 6.07) is 8.16. The average molecular weight is 310 g/mol. The smallest absolute Gasteiger partial charge is 0.236 e. The van der Waals surface area contributed by atoms with E-state index in [1.165, 1.54) is 0 Å². The van der Waals surface area contributed by atoms with Crippen LogP contribution in [0.2, 0.25) is 5.02 Å². The van der Waals surface area contributed by atoms with Gasteiger partial charge in [0.2, 0.25) is 5.91 Å². The molecule has 5 heteroatoms. The van der Waals surface area contributed by atoms with Gasteiger partial charge in [-0.2, -0.15) is 0 Å². The van der Waals surface area contributed by atoms with Crippen molar-refractivity contribution in [3.63, 3.8) is 0 Å². The largest absolute Gasteiger partial charge is 0.340 e. The number of piperidine rings is 1. The van der Waals surface area contributed by atoms with Crippen molar-refractivity contribution in [1.29, 1.82) is 0 Å². The summed E-state index contributed by atoms with van der Waals surface area (Å²) >= 11 is 5.98. The van der Waals surface area contributed by atoms with Crippen molar-refractivity contribution < 1.29 is 4.79 Å². The molecule has 21 heavy (non-hydrogen) atoms. The van der Waals surface area contributed by atoms with Gasteiger partial charge in [-0.1, -0.05) is 23.7 Å². The van der Waals surface area contributed by atoms with E-state index < -0.39 is 0 Å². The van der Waals surface area contributed by atoms with Crippen LogP contribution in [0.1, 0.15) is 18.4 Å². The number of rotatable bonds is 5. The summed E-state index contributed by atoms with van der Waals surface area (Å²) in [5, 5.41) is 4.06. The molecule has 0 atom stereocenters. The van der Waals surface area contributed by atoms with E-state index in [0.29, 0.717) is 24.2 Å². The number of likely N-dealkylation sites (N-methyl/N-ethyl adjacent to an activating group) is 2. The van der Waals surface area contributed by atoms with Gasteiger partial charge in [-0.05, 0) is 50.7 Å². The lowest BCUT2D eigenvalue weighted by Gasteiger charge is -2.32. The van der Waals surface area contributed by atoms with E-state index in [-0.39, 0.29) is 5.91 Å². The second-order valence-corrected chi connectivity index (χ2v) is 6.21. The van der Waals surface area contributed by atoms with Gasteiger partial charge in [-0.25, -0.2) is 0 Å². The van der Waals surface area contributed by atoms with Crippen LogP contribution in [0.25, 0.3) is 0 Å². The van der Waals surface area contributed by atoms with Crippen LogP contribution in [0.15, 0.2) is 24.3 Å². The van der Waals surface area contributed by atoms with Crippen LogP contribution in [0, 0.1) is 0 Å². The number of nitrogens with one attached hydrogen (secondary N) is 1. The molecule has 1 saturated heterocycles. The maximum absolute atomic E-state index is 12.3. The molecule has 0 unspecified atom stereocenters. The van der Waals surface area contributed by atoms with Crippen LogP contribution in [-0.4, -0.2) is 55.5 Å². The summed E-state index contributed by atoms with van der Waals surface area (Å²) in [7, 11) is 3.89. The molecular weight excluding hydrogens is 286 g/mol. The second kappa shape index (κ2) is 7.78. The minimum absolute atomic E-state index is 0.149. The van der Waals surface area contributed by atoms with E-state index in [0.717, 1.165) is 31.5 Å². The number of amides is 1. The third-order valence-electron chi connectivity index (χ3n) is 4.05. The first-order valence-corrected chi connectivity index (χ1v) is 7.83. The number of hydrogen-bond acceptors (Lipinski definition) is 3. The summed E-state index contributed by atoms with van der Waals surface area (Å²) in [5.74, 6) is 0.149. The van der Waals surface area contributed by atoms with Crippen molar-refractivity contribution in [3.05, 3.63) is 34.9 Å². The fraction of sp³-hybridized carbons (Fsp3) is 0.562. The minimum atomic E-state index is 0.149. The Bertz CT molecular complexity index is 474. The zero-order chi connectivity index (χ0) is 15.2. The molecule has 1 fully saturated rings. The fourth-order valence-electron chi connectivity index (χ4n) is 2.71. The lowest BCUT2D eigenvalue weighted by Crippen LogP contribution is -2.45. The molecule has 0 bridgehead atoms. The molecule has 0 aliphatic carbocycles. The summed E-state index contributed by atoms with van der Waals surface area (Å²) < 4.78 is 0. The van der Waals surface area contributed by atoms with Crippen molar-refractivity contribution in [2.45, 2.75) is 25.4 Å². The van der Waals surface area contributed by atoms with E-state index in [1.807, 2.05) is 38.4 Å². The maximum Gasteiger partial charge on any atom is 0.236 e. The first kappa shape index (κ1) is 16.3. The fourth-order valence-corrected chi connectivity index (χ4v) is 2.92. The molecule has 0 saturated carbocycles. The zero-order valence-corrected chi connectivity index (χ0v) is 13.6. The molecule has 1 N–H and O–H groups in total.